The van der Waals surface area contributed by atoms with Crippen molar-refractivity contribution >= 4 is 0 Å². The van der Waals surface area contributed by atoms with Gasteiger partial charge in [0, 0.05) is 0 Å². The Labute approximate surface area is 154 Å². The van der Waals surface area contributed by atoms with Gasteiger partial charge in [-0.25, -0.2) is 0 Å². The van der Waals surface area contributed by atoms with Crippen molar-refractivity contribution < 1.29 is 35.4 Å². The first-order valence-corrected chi connectivity index (χ1v) is 8.90. The molecule has 150 valence electrons. The third-order valence-corrected chi connectivity index (χ3v) is 4.48. The molecule has 6 N–H and O–H groups in total. The Morgan fingerprint density at radius 1 is 1.04 bits per heavy atom. The van der Waals surface area contributed by atoms with Gasteiger partial charge in [0.25, 0.3) is 0 Å². The summed E-state index contributed by atoms with van der Waals surface area (Å²) in [5.41, 5.74) is -0.826. The molecule has 0 fully saturated rings. The molecule has 0 heterocycles. The minimum Gasteiger partial charge on any atom is -0.394 e. The van der Waals surface area contributed by atoms with E-state index in [0.29, 0.717) is 12.8 Å². The molecular weight excluding hydrogens is 340 g/mol. The number of aliphatic hydroxyl groups is 6. The summed E-state index contributed by atoms with van der Waals surface area (Å²) in [6, 6.07) is 9.14. The van der Waals surface area contributed by atoms with Crippen molar-refractivity contribution in [1.82, 2.24) is 0 Å². The van der Waals surface area contributed by atoms with Crippen LogP contribution in [-0.4, -0.2) is 73.4 Å². The lowest BCUT2D eigenvalue weighted by atomic mass is 9.86. The molecule has 0 amide bonds. The summed E-state index contributed by atoms with van der Waals surface area (Å²) in [7, 11) is 0. The first-order valence-electron chi connectivity index (χ1n) is 8.90. The van der Waals surface area contributed by atoms with Crippen molar-refractivity contribution in [2.24, 2.45) is 0 Å². The number of hydrogen-bond acceptors (Lipinski definition) is 7. The zero-order chi connectivity index (χ0) is 19.7. The van der Waals surface area contributed by atoms with Gasteiger partial charge in [0.05, 0.1) is 24.9 Å². The third kappa shape index (κ3) is 7.28. The van der Waals surface area contributed by atoms with Crippen LogP contribution in [0, 0.1) is 0 Å². The van der Waals surface area contributed by atoms with E-state index >= 15 is 0 Å². The molecule has 1 aromatic carbocycles. The van der Waals surface area contributed by atoms with Crippen LogP contribution in [-0.2, 0) is 11.3 Å². The first-order chi connectivity index (χ1) is 12.2. The Morgan fingerprint density at radius 3 is 2.19 bits per heavy atom. The van der Waals surface area contributed by atoms with E-state index in [9.17, 15) is 30.6 Å². The van der Waals surface area contributed by atoms with Gasteiger partial charge >= 0.3 is 0 Å². The van der Waals surface area contributed by atoms with Crippen LogP contribution < -0.4 is 0 Å². The fraction of sp³-hybridized carbons (Fsp3) is 0.684. The number of aliphatic hydroxyl groups excluding tert-OH is 5. The van der Waals surface area contributed by atoms with Gasteiger partial charge in [0.1, 0.15) is 24.4 Å². The highest BCUT2D eigenvalue weighted by Gasteiger charge is 2.41. The van der Waals surface area contributed by atoms with Gasteiger partial charge in [-0.1, -0.05) is 30.3 Å². The standard InChI is InChI=1S/C19H32O7/c1-13(21)7-6-10-19(2,25)18(24)17(23)16(22)15(11-20)26-12-14-8-4-3-5-9-14/h3-5,8-9,13,15-18,20-25H,6-7,10-12H2,1-2H3/t13?,15?,16?,17?,18?,19-/m1/s1. The van der Waals surface area contributed by atoms with Crippen LogP contribution in [0.4, 0.5) is 0 Å². The van der Waals surface area contributed by atoms with E-state index in [4.69, 9.17) is 4.74 Å². The monoisotopic (exact) mass is 372 g/mol. The first kappa shape index (κ1) is 23.0. The molecule has 6 atom stereocenters. The van der Waals surface area contributed by atoms with E-state index in [1.54, 1.807) is 6.92 Å². The van der Waals surface area contributed by atoms with Gasteiger partial charge in [-0.15, -0.1) is 0 Å². The van der Waals surface area contributed by atoms with Crippen molar-refractivity contribution in [1.29, 1.82) is 0 Å². The lowest BCUT2D eigenvalue weighted by Crippen LogP contribution is -2.55. The average Bonchev–Trinajstić information content (AvgIpc) is 2.61. The van der Waals surface area contributed by atoms with E-state index in [1.165, 1.54) is 6.92 Å². The molecule has 26 heavy (non-hydrogen) atoms. The average molecular weight is 372 g/mol. The van der Waals surface area contributed by atoms with Gasteiger partial charge in [0.2, 0.25) is 0 Å². The Bertz CT molecular complexity index is 492. The van der Waals surface area contributed by atoms with E-state index in [1.807, 2.05) is 30.3 Å². The minimum atomic E-state index is -1.70. The number of rotatable bonds is 12. The lowest BCUT2D eigenvalue weighted by Gasteiger charge is -2.36. The number of benzene rings is 1. The van der Waals surface area contributed by atoms with Crippen LogP contribution >= 0.6 is 0 Å². The number of hydrogen-bond donors (Lipinski definition) is 6. The molecule has 7 nitrogen and oxygen atoms in total. The van der Waals surface area contributed by atoms with Crippen LogP contribution in [0.1, 0.15) is 38.7 Å². The lowest BCUT2D eigenvalue weighted by molar-refractivity contribution is -0.180. The molecule has 0 saturated carbocycles. The number of ether oxygens (including phenoxy) is 1. The molecule has 1 aromatic rings. The zero-order valence-electron chi connectivity index (χ0n) is 15.4. The van der Waals surface area contributed by atoms with Crippen molar-refractivity contribution in [3.63, 3.8) is 0 Å². The quantitative estimate of drug-likeness (QED) is 0.303. The summed E-state index contributed by atoms with van der Waals surface area (Å²) in [6.45, 7) is 2.55. The molecule has 0 radical (unpaired) electrons. The maximum atomic E-state index is 10.4. The van der Waals surface area contributed by atoms with E-state index in [2.05, 4.69) is 0 Å². The van der Waals surface area contributed by atoms with E-state index in [-0.39, 0.29) is 13.0 Å². The van der Waals surface area contributed by atoms with Crippen molar-refractivity contribution in [2.75, 3.05) is 6.61 Å². The fourth-order valence-corrected chi connectivity index (χ4v) is 2.71. The van der Waals surface area contributed by atoms with Crippen molar-refractivity contribution in [3.05, 3.63) is 35.9 Å². The maximum absolute atomic E-state index is 10.4. The van der Waals surface area contributed by atoms with E-state index in [0.717, 1.165) is 5.56 Å². The van der Waals surface area contributed by atoms with Crippen molar-refractivity contribution in [3.8, 4) is 0 Å². The molecule has 0 aliphatic carbocycles. The molecule has 5 unspecified atom stereocenters. The van der Waals surface area contributed by atoms with Crippen molar-refractivity contribution in [2.45, 2.75) is 75.8 Å². The molecule has 7 heteroatoms. The highest BCUT2D eigenvalue weighted by atomic mass is 16.5. The second-order valence-electron chi connectivity index (χ2n) is 7.04. The largest absolute Gasteiger partial charge is 0.394 e. The highest BCUT2D eigenvalue weighted by Crippen LogP contribution is 2.24. The second-order valence-corrected chi connectivity index (χ2v) is 7.04. The Kier molecular flexibility index (Phi) is 9.67. The molecule has 0 spiro atoms. The topological polar surface area (TPSA) is 131 Å². The zero-order valence-corrected chi connectivity index (χ0v) is 15.4. The van der Waals surface area contributed by atoms with Gasteiger partial charge in [-0.3, -0.25) is 0 Å². The second kappa shape index (κ2) is 10.9. The van der Waals surface area contributed by atoms with E-state index < -0.39 is 42.7 Å². The highest BCUT2D eigenvalue weighted by molar-refractivity contribution is 5.13. The van der Waals surface area contributed by atoms with Gasteiger partial charge in [0.15, 0.2) is 0 Å². The van der Waals surface area contributed by atoms with Crippen LogP contribution in [0.25, 0.3) is 0 Å². The van der Waals surface area contributed by atoms with Gasteiger partial charge in [-0.2, -0.15) is 0 Å². The summed E-state index contributed by atoms with van der Waals surface area (Å²) in [4.78, 5) is 0. The molecule has 0 aliphatic heterocycles. The van der Waals surface area contributed by atoms with Gasteiger partial charge < -0.3 is 35.4 Å². The van der Waals surface area contributed by atoms with Crippen LogP contribution in [0.5, 0.6) is 0 Å². The maximum Gasteiger partial charge on any atom is 0.111 e. The molecule has 0 saturated heterocycles. The summed E-state index contributed by atoms with van der Waals surface area (Å²) in [6.07, 6.45) is -5.54. The Hall–Kier alpha value is -1.06. The van der Waals surface area contributed by atoms with Crippen LogP contribution in [0.3, 0.4) is 0 Å². The summed E-state index contributed by atoms with van der Waals surface area (Å²) in [5, 5.41) is 59.8. The summed E-state index contributed by atoms with van der Waals surface area (Å²) >= 11 is 0. The SMILES string of the molecule is CC(O)CCC[C@@](C)(O)C(O)C(O)C(O)C(CO)OCc1ccccc1. The molecule has 0 bridgehead atoms. The Balaban J connectivity index is 2.61. The fourth-order valence-electron chi connectivity index (χ4n) is 2.71. The summed E-state index contributed by atoms with van der Waals surface area (Å²) < 4.78 is 5.45. The summed E-state index contributed by atoms with van der Waals surface area (Å²) in [5.74, 6) is 0. The predicted octanol–water partition coefficient (Wildman–Crippen LogP) is -0.0511. The Morgan fingerprint density at radius 2 is 1.65 bits per heavy atom. The van der Waals surface area contributed by atoms with Crippen LogP contribution in [0.2, 0.25) is 0 Å². The normalized spacial score (nSPS) is 20.0. The molecule has 0 aliphatic rings. The smallest absolute Gasteiger partial charge is 0.111 e. The minimum absolute atomic E-state index is 0.122. The third-order valence-electron chi connectivity index (χ3n) is 4.48. The van der Waals surface area contributed by atoms with Gasteiger partial charge in [-0.05, 0) is 38.7 Å². The molecule has 1 rings (SSSR count). The molecular formula is C19H32O7. The van der Waals surface area contributed by atoms with Crippen LogP contribution in [0.15, 0.2) is 30.3 Å². The molecule has 0 aromatic heterocycles. The predicted molar refractivity (Wildman–Crippen MR) is 96.3 cm³/mol.